The van der Waals surface area contributed by atoms with Crippen molar-refractivity contribution in [1.82, 2.24) is 19.3 Å². The van der Waals surface area contributed by atoms with Crippen LogP contribution in [0.3, 0.4) is 0 Å². The van der Waals surface area contributed by atoms with Crippen molar-refractivity contribution >= 4 is 16.6 Å². The van der Waals surface area contributed by atoms with Crippen molar-refractivity contribution in [2.75, 3.05) is 12.4 Å². The van der Waals surface area contributed by atoms with Crippen LogP contribution in [0.5, 0.6) is 0 Å². The summed E-state index contributed by atoms with van der Waals surface area (Å²) in [6, 6.07) is 8.54. The van der Waals surface area contributed by atoms with Crippen LogP contribution in [0, 0.1) is 18.6 Å². The molecule has 1 aliphatic rings. The Hall–Kier alpha value is -3.30. The lowest BCUT2D eigenvalue weighted by Crippen LogP contribution is -2.36. The van der Waals surface area contributed by atoms with Gasteiger partial charge in [0.25, 0.3) is 0 Å². The number of aliphatic hydroxyl groups is 1. The quantitative estimate of drug-likeness (QED) is 0.436. The molecule has 0 spiro atoms. The van der Waals surface area contributed by atoms with E-state index in [1.54, 1.807) is 23.6 Å². The molecule has 7 nitrogen and oxygen atoms in total. The largest absolute Gasteiger partial charge is 0.371 e. The van der Waals surface area contributed by atoms with Crippen molar-refractivity contribution in [3.05, 3.63) is 59.8 Å². The third kappa shape index (κ3) is 3.30. The van der Waals surface area contributed by atoms with Crippen LogP contribution in [0.15, 0.2) is 36.5 Å². The third-order valence-electron chi connectivity index (χ3n) is 6.22. The van der Waals surface area contributed by atoms with Crippen LogP contribution < -0.4 is 5.32 Å². The highest BCUT2D eigenvalue weighted by molar-refractivity contribution is 5.97. The van der Waals surface area contributed by atoms with Gasteiger partial charge in [-0.15, -0.1) is 10.2 Å². The number of hydrogen-bond acceptors (Lipinski definition) is 5. The number of rotatable bonds is 5. The zero-order chi connectivity index (χ0) is 23.5. The Kier molecular flexibility index (Phi) is 4.98. The number of aromatic nitrogens is 4. The molecule has 4 aromatic rings. The third-order valence-corrected chi connectivity index (χ3v) is 6.22. The van der Waals surface area contributed by atoms with E-state index in [-0.39, 0.29) is 11.3 Å². The van der Waals surface area contributed by atoms with Gasteiger partial charge < -0.3 is 19.7 Å². The van der Waals surface area contributed by atoms with Crippen LogP contribution in [-0.2, 0) is 16.8 Å². The summed E-state index contributed by atoms with van der Waals surface area (Å²) in [5.74, 6) is -0.241. The van der Waals surface area contributed by atoms with Gasteiger partial charge in [-0.25, -0.2) is 8.78 Å². The smallest absolute Gasteiger partial charge is 0.162 e. The Morgan fingerprint density at radius 3 is 2.76 bits per heavy atom. The second-order valence-corrected chi connectivity index (χ2v) is 8.83. The maximum atomic E-state index is 16.1. The molecule has 2 aromatic heterocycles. The summed E-state index contributed by atoms with van der Waals surface area (Å²) < 4.78 is 40.0. The van der Waals surface area contributed by atoms with Crippen molar-refractivity contribution in [1.29, 1.82) is 0 Å². The predicted molar refractivity (Wildman–Crippen MR) is 121 cm³/mol. The average Bonchev–Trinajstić information content (AvgIpc) is 3.36. The van der Waals surface area contributed by atoms with Gasteiger partial charge in [0.1, 0.15) is 17.3 Å². The fourth-order valence-corrected chi connectivity index (χ4v) is 4.60. The predicted octanol–water partition coefficient (Wildman–Crippen LogP) is 4.49. The van der Waals surface area contributed by atoms with E-state index in [2.05, 4.69) is 15.5 Å². The zero-order valence-electron chi connectivity index (χ0n) is 18.9. The Morgan fingerprint density at radius 2 is 2.00 bits per heavy atom. The zero-order valence-corrected chi connectivity index (χ0v) is 18.9. The Balaban J connectivity index is 1.68. The van der Waals surface area contributed by atoms with E-state index < -0.39 is 23.5 Å². The van der Waals surface area contributed by atoms with Crippen LogP contribution >= 0.6 is 0 Å². The molecular weight excluding hydrogens is 428 g/mol. The first-order chi connectivity index (χ1) is 15.7. The molecule has 5 rings (SSSR count). The number of halogens is 2. The summed E-state index contributed by atoms with van der Waals surface area (Å²) in [5.41, 5.74) is 1.09. The summed E-state index contributed by atoms with van der Waals surface area (Å²) in [6.07, 6.45) is 1.36. The average molecular weight is 453 g/mol. The fourth-order valence-electron chi connectivity index (χ4n) is 4.60. The summed E-state index contributed by atoms with van der Waals surface area (Å²) in [6.45, 7) is 6.03. The number of nitrogens with zero attached hydrogens (tertiary/aromatic N) is 4. The number of nitrogens with one attached hydrogen (secondary N) is 1. The number of aryl methyl sites for hydroxylation is 2. The molecule has 1 atom stereocenters. The first-order valence-electron chi connectivity index (χ1n) is 10.7. The van der Waals surface area contributed by atoms with Gasteiger partial charge in [0.15, 0.2) is 17.9 Å². The van der Waals surface area contributed by atoms with Crippen molar-refractivity contribution in [2.24, 2.45) is 0 Å². The van der Waals surface area contributed by atoms with Crippen LogP contribution in [-0.4, -0.2) is 37.8 Å². The van der Waals surface area contributed by atoms with E-state index in [9.17, 15) is 5.11 Å². The fraction of sp³-hybridized carbons (Fsp3) is 0.333. The SMILES string of the molecule is COC(O)CCn1ccc2c(-c3c(F)cc4c(c3F)-n3c(C)nnc3C(C)(C)N4)cccc21. The van der Waals surface area contributed by atoms with Crippen molar-refractivity contribution in [3.8, 4) is 16.8 Å². The molecule has 1 aliphatic heterocycles. The summed E-state index contributed by atoms with van der Waals surface area (Å²) in [5, 5.41) is 22.0. The lowest BCUT2D eigenvalue weighted by Gasteiger charge is -2.34. The minimum absolute atomic E-state index is 0.102. The Morgan fingerprint density at radius 1 is 1.21 bits per heavy atom. The van der Waals surface area contributed by atoms with Crippen LogP contribution in [0.2, 0.25) is 0 Å². The molecule has 9 heteroatoms. The van der Waals surface area contributed by atoms with Crippen molar-refractivity contribution in [2.45, 2.75) is 45.6 Å². The number of aliphatic hydroxyl groups excluding tert-OH is 1. The number of fused-ring (bicyclic) bond motifs is 4. The van der Waals surface area contributed by atoms with Gasteiger partial charge in [-0.2, -0.15) is 0 Å². The maximum absolute atomic E-state index is 16.1. The second kappa shape index (κ2) is 7.64. The van der Waals surface area contributed by atoms with Crippen molar-refractivity contribution < 1.29 is 18.6 Å². The standard InChI is InChI=1S/C24H25F2N5O2/c1-13-28-29-23-24(2,3)27-17-12-16(25)20(21(26)22(17)31(13)23)15-6-5-7-18-14(15)8-10-30(18)11-9-19(32)33-4/h5-8,10,12,19,27,32H,9,11H2,1-4H3. The summed E-state index contributed by atoms with van der Waals surface area (Å²) >= 11 is 0. The molecule has 172 valence electrons. The maximum Gasteiger partial charge on any atom is 0.162 e. The van der Waals surface area contributed by atoms with E-state index in [4.69, 9.17) is 4.74 Å². The molecule has 0 saturated carbocycles. The normalized spacial score (nSPS) is 15.2. The summed E-state index contributed by atoms with van der Waals surface area (Å²) in [7, 11) is 1.44. The lowest BCUT2D eigenvalue weighted by molar-refractivity contribution is -0.0800. The van der Waals surface area contributed by atoms with Gasteiger partial charge in [-0.1, -0.05) is 12.1 Å². The van der Waals surface area contributed by atoms with Gasteiger partial charge in [-0.3, -0.25) is 4.57 Å². The number of benzene rings is 2. The monoisotopic (exact) mass is 453 g/mol. The molecule has 0 aliphatic carbocycles. The molecule has 33 heavy (non-hydrogen) atoms. The highest BCUT2D eigenvalue weighted by Crippen LogP contribution is 2.43. The molecular formula is C24H25F2N5O2. The Labute approximate surface area is 189 Å². The molecule has 1 unspecified atom stereocenters. The second-order valence-electron chi connectivity index (χ2n) is 8.83. The van der Waals surface area contributed by atoms with Gasteiger partial charge in [0.05, 0.1) is 16.8 Å². The molecule has 0 saturated heterocycles. The van der Waals surface area contributed by atoms with E-state index in [1.807, 2.05) is 36.7 Å². The highest BCUT2D eigenvalue weighted by Gasteiger charge is 2.37. The minimum Gasteiger partial charge on any atom is -0.371 e. The van der Waals surface area contributed by atoms with E-state index in [0.717, 1.165) is 5.52 Å². The van der Waals surface area contributed by atoms with E-state index in [0.29, 0.717) is 41.3 Å². The molecule has 0 bridgehead atoms. The van der Waals surface area contributed by atoms with Gasteiger partial charge >= 0.3 is 0 Å². The number of ether oxygens (including phenoxy) is 1. The first-order valence-corrected chi connectivity index (χ1v) is 10.7. The molecule has 0 amide bonds. The number of hydrogen-bond donors (Lipinski definition) is 2. The van der Waals surface area contributed by atoms with Gasteiger partial charge in [0.2, 0.25) is 0 Å². The first kappa shape index (κ1) is 21.5. The molecule has 3 heterocycles. The van der Waals surface area contributed by atoms with Gasteiger partial charge in [0, 0.05) is 43.2 Å². The van der Waals surface area contributed by atoms with Crippen LogP contribution in [0.25, 0.3) is 27.7 Å². The van der Waals surface area contributed by atoms with Crippen LogP contribution in [0.4, 0.5) is 14.5 Å². The molecule has 0 radical (unpaired) electrons. The minimum atomic E-state index is -0.876. The van der Waals surface area contributed by atoms with Crippen LogP contribution in [0.1, 0.15) is 31.9 Å². The topological polar surface area (TPSA) is 77.1 Å². The van der Waals surface area contributed by atoms with E-state index >= 15 is 8.78 Å². The number of methoxy groups -OCH3 is 1. The summed E-state index contributed by atoms with van der Waals surface area (Å²) in [4.78, 5) is 0. The van der Waals surface area contributed by atoms with Gasteiger partial charge in [-0.05, 0) is 38.5 Å². The molecule has 2 aromatic carbocycles. The van der Waals surface area contributed by atoms with E-state index in [1.165, 1.54) is 13.2 Å². The number of anilines is 1. The highest BCUT2D eigenvalue weighted by atomic mass is 19.1. The molecule has 0 fully saturated rings. The van der Waals surface area contributed by atoms with Crippen molar-refractivity contribution in [3.63, 3.8) is 0 Å². The molecule has 2 N–H and O–H groups in total. The Bertz CT molecular complexity index is 1380. The lowest BCUT2D eigenvalue weighted by atomic mass is 9.95.